The van der Waals surface area contributed by atoms with E-state index >= 15 is 0 Å². The van der Waals surface area contributed by atoms with Gasteiger partial charge in [-0.05, 0) is 41.9 Å². The van der Waals surface area contributed by atoms with Crippen molar-refractivity contribution < 1.29 is 21.9 Å². The Hall–Kier alpha value is -1.85. The van der Waals surface area contributed by atoms with Gasteiger partial charge in [-0.2, -0.15) is 4.98 Å². The van der Waals surface area contributed by atoms with Gasteiger partial charge in [-0.1, -0.05) is 0 Å². The van der Waals surface area contributed by atoms with Crippen molar-refractivity contribution in [2.24, 2.45) is 0 Å². The molecule has 0 aliphatic carbocycles. The molecular formula is C16H18BrF2N3O4S. The van der Waals surface area contributed by atoms with Gasteiger partial charge in [-0.15, -0.1) is 0 Å². The molecule has 0 amide bonds. The summed E-state index contributed by atoms with van der Waals surface area (Å²) in [5, 5.41) is 0. The fourth-order valence-electron chi connectivity index (χ4n) is 2.27. The molecule has 1 aromatic heterocycles. The smallest absolute Gasteiger partial charge is 0.272 e. The molecule has 0 spiro atoms. The minimum Gasteiger partial charge on any atom is -0.472 e. The molecule has 0 aliphatic heterocycles. The molecule has 1 N–H and O–H groups in total. The van der Waals surface area contributed by atoms with Crippen molar-refractivity contribution in [3.05, 3.63) is 56.0 Å². The number of nitrogens with zero attached hydrogens (tertiary/aromatic N) is 2. The summed E-state index contributed by atoms with van der Waals surface area (Å²) in [4.78, 5) is 16.8. The second-order valence-electron chi connectivity index (χ2n) is 6.03. The summed E-state index contributed by atoms with van der Waals surface area (Å²) in [6.07, 6.45) is 0.985. The highest BCUT2D eigenvalue weighted by Crippen LogP contribution is 2.22. The average Bonchev–Trinajstić information content (AvgIpc) is 2.54. The third kappa shape index (κ3) is 5.56. The molecule has 11 heteroatoms. The van der Waals surface area contributed by atoms with Gasteiger partial charge in [0.05, 0.1) is 12.8 Å². The van der Waals surface area contributed by atoms with Gasteiger partial charge in [0.2, 0.25) is 15.9 Å². The second kappa shape index (κ2) is 8.44. The van der Waals surface area contributed by atoms with Gasteiger partial charge >= 0.3 is 0 Å². The maximum atomic E-state index is 13.7. The lowest BCUT2D eigenvalue weighted by Gasteiger charge is -2.18. The molecule has 0 unspecified atom stereocenters. The molecule has 0 radical (unpaired) electrons. The van der Waals surface area contributed by atoms with E-state index in [2.05, 4.69) is 25.6 Å². The van der Waals surface area contributed by atoms with Crippen molar-refractivity contribution >= 4 is 26.0 Å². The summed E-state index contributed by atoms with van der Waals surface area (Å²) in [7, 11) is -3.51. The van der Waals surface area contributed by atoms with Crippen LogP contribution in [0, 0.1) is 11.6 Å². The lowest BCUT2D eigenvalue weighted by Crippen LogP contribution is -2.32. The molecule has 0 bridgehead atoms. The molecule has 0 saturated carbocycles. The average molecular weight is 466 g/mol. The normalized spacial score (nSPS) is 11.8. The van der Waals surface area contributed by atoms with Crippen LogP contribution < -0.4 is 15.0 Å². The Morgan fingerprint density at radius 2 is 2.00 bits per heavy atom. The van der Waals surface area contributed by atoms with E-state index in [-0.39, 0.29) is 40.9 Å². The summed E-state index contributed by atoms with van der Waals surface area (Å²) in [5.74, 6) is -1.49. The minimum atomic E-state index is -3.51. The van der Waals surface area contributed by atoms with E-state index in [1.54, 1.807) is 13.8 Å². The maximum Gasteiger partial charge on any atom is 0.272 e. The van der Waals surface area contributed by atoms with Gasteiger partial charge in [0.25, 0.3) is 5.56 Å². The van der Waals surface area contributed by atoms with E-state index in [4.69, 9.17) is 4.74 Å². The number of sulfonamides is 1. The predicted octanol–water partition coefficient (Wildman–Crippen LogP) is 2.49. The number of benzene rings is 1. The Bertz CT molecular complexity index is 1010. The summed E-state index contributed by atoms with van der Waals surface area (Å²) < 4.78 is 58.5. The van der Waals surface area contributed by atoms with Crippen molar-refractivity contribution in [3.63, 3.8) is 0 Å². The first kappa shape index (κ1) is 21.5. The van der Waals surface area contributed by atoms with Gasteiger partial charge in [-0.3, -0.25) is 9.36 Å². The van der Waals surface area contributed by atoms with E-state index in [9.17, 15) is 22.0 Å². The molecule has 27 heavy (non-hydrogen) atoms. The SMILES string of the molecule is CC(C)n1c(CNS(C)(=O)=O)nc(OCc2ccc(F)cc2F)c(Br)c1=O. The van der Waals surface area contributed by atoms with Crippen LogP contribution >= 0.6 is 15.9 Å². The summed E-state index contributed by atoms with van der Waals surface area (Å²) in [6, 6.07) is 2.74. The molecule has 2 rings (SSSR count). The van der Waals surface area contributed by atoms with Crippen LogP contribution in [0.3, 0.4) is 0 Å². The molecular weight excluding hydrogens is 448 g/mol. The first-order valence-electron chi connectivity index (χ1n) is 7.82. The number of aromatic nitrogens is 2. The van der Waals surface area contributed by atoms with Crippen LogP contribution in [-0.4, -0.2) is 24.2 Å². The Balaban J connectivity index is 2.38. The first-order chi connectivity index (χ1) is 12.5. The second-order valence-corrected chi connectivity index (χ2v) is 8.66. The molecule has 2 aromatic rings. The largest absolute Gasteiger partial charge is 0.472 e. The molecule has 0 aliphatic rings. The van der Waals surface area contributed by atoms with E-state index in [1.165, 1.54) is 10.6 Å². The van der Waals surface area contributed by atoms with Gasteiger partial charge in [-0.25, -0.2) is 21.9 Å². The van der Waals surface area contributed by atoms with E-state index in [0.717, 1.165) is 18.4 Å². The van der Waals surface area contributed by atoms with E-state index in [0.29, 0.717) is 0 Å². The number of ether oxygens (including phenoxy) is 1. The van der Waals surface area contributed by atoms with Crippen molar-refractivity contribution in [1.82, 2.24) is 14.3 Å². The van der Waals surface area contributed by atoms with Crippen molar-refractivity contribution in [3.8, 4) is 5.88 Å². The summed E-state index contributed by atoms with van der Waals surface area (Å²) >= 11 is 3.11. The number of halogens is 3. The zero-order valence-electron chi connectivity index (χ0n) is 14.8. The van der Waals surface area contributed by atoms with Crippen LogP contribution in [-0.2, 0) is 23.2 Å². The molecule has 1 heterocycles. The van der Waals surface area contributed by atoms with E-state index < -0.39 is 27.2 Å². The first-order valence-corrected chi connectivity index (χ1v) is 10.5. The van der Waals surface area contributed by atoms with Crippen molar-refractivity contribution in [2.45, 2.75) is 33.0 Å². The standard InChI is InChI=1S/C16H18BrF2N3O4S/c1-9(2)22-13(7-20-27(3,24)25)21-15(14(17)16(22)23)26-8-10-4-5-11(18)6-12(10)19/h4-6,9,20H,7-8H2,1-3H3. The quantitative estimate of drug-likeness (QED) is 0.678. The lowest BCUT2D eigenvalue weighted by atomic mass is 10.2. The van der Waals surface area contributed by atoms with Gasteiger partial charge in [0, 0.05) is 17.7 Å². The number of nitrogens with one attached hydrogen (secondary N) is 1. The van der Waals surface area contributed by atoms with Crippen LogP contribution in [0.4, 0.5) is 8.78 Å². The Morgan fingerprint density at radius 1 is 1.33 bits per heavy atom. The fraction of sp³-hybridized carbons (Fsp3) is 0.375. The molecule has 148 valence electrons. The highest BCUT2D eigenvalue weighted by atomic mass is 79.9. The number of hydrogen-bond acceptors (Lipinski definition) is 5. The highest BCUT2D eigenvalue weighted by molar-refractivity contribution is 9.10. The molecule has 1 aromatic carbocycles. The summed E-state index contributed by atoms with van der Waals surface area (Å²) in [5.41, 5.74) is -0.395. The lowest BCUT2D eigenvalue weighted by molar-refractivity contribution is 0.280. The third-order valence-corrected chi connectivity index (χ3v) is 4.84. The number of rotatable bonds is 7. The van der Waals surface area contributed by atoms with Crippen LogP contribution in [0.2, 0.25) is 0 Å². The predicted molar refractivity (Wildman–Crippen MR) is 99.0 cm³/mol. The summed E-state index contributed by atoms with van der Waals surface area (Å²) in [6.45, 7) is 2.98. The monoisotopic (exact) mass is 465 g/mol. The Labute approximate surface area is 163 Å². The van der Waals surface area contributed by atoms with Crippen LogP contribution in [0.1, 0.15) is 31.3 Å². The van der Waals surface area contributed by atoms with Crippen molar-refractivity contribution in [2.75, 3.05) is 6.26 Å². The number of hydrogen-bond donors (Lipinski definition) is 1. The molecule has 0 saturated heterocycles. The van der Waals surface area contributed by atoms with Crippen LogP contribution in [0.25, 0.3) is 0 Å². The van der Waals surface area contributed by atoms with Gasteiger partial charge in [0.15, 0.2) is 0 Å². The van der Waals surface area contributed by atoms with Crippen LogP contribution in [0.15, 0.2) is 27.5 Å². The van der Waals surface area contributed by atoms with Gasteiger partial charge < -0.3 is 4.74 Å². The van der Waals surface area contributed by atoms with Crippen LogP contribution in [0.5, 0.6) is 5.88 Å². The molecule has 7 nitrogen and oxygen atoms in total. The molecule has 0 atom stereocenters. The van der Waals surface area contributed by atoms with Gasteiger partial charge in [0.1, 0.15) is 28.5 Å². The topological polar surface area (TPSA) is 90.3 Å². The minimum absolute atomic E-state index is 0.0156. The Morgan fingerprint density at radius 3 is 2.56 bits per heavy atom. The van der Waals surface area contributed by atoms with E-state index in [1.807, 2.05) is 0 Å². The zero-order valence-corrected chi connectivity index (χ0v) is 17.2. The highest BCUT2D eigenvalue weighted by Gasteiger charge is 2.19. The zero-order chi connectivity index (χ0) is 20.4. The fourth-order valence-corrected chi connectivity index (χ4v) is 3.05. The Kier molecular flexibility index (Phi) is 6.71. The third-order valence-electron chi connectivity index (χ3n) is 3.49. The van der Waals surface area contributed by atoms with Crippen molar-refractivity contribution in [1.29, 1.82) is 0 Å². The molecule has 0 fully saturated rings. The maximum absolute atomic E-state index is 13.7.